The normalized spacial score (nSPS) is 14.5. The highest BCUT2D eigenvalue weighted by atomic mass is 32.1. The number of aryl methyl sites for hydroxylation is 4. The van der Waals surface area contributed by atoms with Crippen molar-refractivity contribution in [2.75, 3.05) is 13.1 Å². The summed E-state index contributed by atoms with van der Waals surface area (Å²) in [6.45, 7) is 19.1. The third-order valence-corrected chi connectivity index (χ3v) is 21.1. The molecule has 5 aromatic heterocycles. The van der Waals surface area contributed by atoms with Gasteiger partial charge in [-0.05, 0) is 137 Å². The summed E-state index contributed by atoms with van der Waals surface area (Å²) in [6, 6.07) is 17.7. The van der Waals surface area contributed by atoms with E-state index in [1.165, 1.54) is 183 Å². The van der Waals surface area contributed by atoms with E-state index >= 15 is 9.59 Å². The van der Waals surface area contributed by atoms with Gasteiger partial charge in [0.05, 0.1) is 16.0 Å². The zero-order chi connectivity index (χ0) is 57.3. The Morgan fingerprint density at radius 3 is 1.23 bits per heavy atom. The second-order valence-electron chi connectivity index (χ2n) is 24.4. The quantitative estimate of drug-likeness (QED) is 0.0365. The van der Waals surface area contributed by atoms with E-state index in [-0.39, 0.29) is 11.8 Å². The highest BCUT2D eigenvalue weighted by Crippen LogP contribution is 2.50. The molecule has 2 aliphatic heterocycles. The molecule has 0 N–H and O–H groups in total. The van der Waals surface area contributed by atoms with Crippen LogP contribution in [0.1, 0.15) is 280 Å². The lowest BCUT2D eigenvalue weighted by Crippen LogP contribution is -2.34. The summed E-state index contributed by atoms with van der Waals surface area (Å²) in [5, 5.41) is 0. The molecule has 9 heteroatoms. The first-order valence-corrected chi connectivity index (χ1v) is 35.7. The summed E-state index contributed by atoms with van der Waals surface area (Å²) in [4.78, 5) is 43.6. The van der Waals surface area contributed by atoms with Gasteiger partial charge in [0.1, 0.15) is 22.9 Å². The van der Waals surface area contributed by atoms with Crippen LogP contribution in [0.5, 0.6) is 0 Å². The van der Waals surface area contributed by atoms with E-state index in [1.807, 2.05) is 62.9 Å². The van der Waals surface area contributed by atoms with Crippen LogP contribution in [-0.2, 0) is 22.4 Å². The molecule has 0 saturated heterocycles. The van der Waals surface area contributed by atoms with Gasteiger partial charge in [0.2, 0.25) is 0 Å². The van der Waals surface area contributed by atoms with Crippen LogP contribution in [0.2, 0.25) is 0 Å². The van der Waals surface area contributed by atoms with Gasteiger partial charge in [0.15, 0.2) is 11.5 Å². The topological polar surface area (TPSA) is 66.9 Å². The van der Waals surface area contributed by atoms with Crippen LogP contribution in [-0.4, -0.2) is 34.7 Å². The van der Waals surface area contributed by atoms with Gasteiger partial charge in [0.25, 0.3) is 11.8 Å². The molecule has 0 fully saturated rings. The van der Waals surface area contributed by atoms with Crippen LogP contribution in [0.4, 0.5) is 0 Å². The predicted molar refractivity (Wildman–Crippen MR) is 350 cm³/mol. The van der Waals surface area contributed by atoms with Gasteiger partial charge in [-0.1, -0.05) is 208 Å². The largest absolute Gasteiger partial charge is 0.460 e. The Morgan fingerprint density at radius 2 is 0.778 bits per heavy atom. The van der Waals surface area contributed by atoms with E-state index < -0.39 is 0 Å². The minimum absolute atomic E-state index is 0.0823. The fraction of sp³-hybridized carbons (Fsp3) is 0.639. The van der Waals surface area contributed by atoms with E-state index in [0.29, 0.717) is 59.0 Å². The van der Waals surface area contributed by atoms with Crippen LogP contribution in [0.25, 0.3) is 41.5 Å². The van der Waals surface area contributed by atoms with Crippen LogP contribution >= 0.6 is 34.0 Å². The molecule has 2 aliphatic rings. The Balaban J connectivity index is 1.29. The molecule has 446 valence electrons. The molecule has 0 spiro atoms. The van der Waals surface area contributed by atoms with Gasteiger partial charge in [0, 0.05) is 37.5 Å². The van der Waals surface area contributed by atoms with Gasteiger partial charge >= 0.3 is 0 Å². The van der Waals surface area contributed by atoms with E-state index in [0.717, 1.165) is 87.0 Å². The molecule has 6 nitrogen and oxygen atoms in total. The van der Waals surface area contributed by atoms with Crippen molar-refractivity contribution in [3.05, 3.63) is 93.0 Å². The molecule has 2 unspecified atom stereocenters. The molecule has 0 radical (unpaired) electrons. The second kappa shape index (κ2) is 34.8. The third kappa shape index (κ3) is 18.3. The van der Waals surface area contributed by atoms with Crippen molar-refractivity contribution in [1.29, 1.82) is 0 Å². The Bertz CT molecular complexity index is 2720. The lowest BCUT2D eigenvalue weighted by Gasteiger charge is -2.29. The Kier molecular flexibility index (Phi) is 27.7. The van der Waals surface area contributed by atoms with Crippen LogP contribution in [0.15, 0.2) is 68.5 Å². The SMILES string of the molecule is CCCCCCCCC(CCCCCC)CN1C(=O)C2=C(c3ccc(-c4cc(CCCCCC)c(-c5ccc(-c6sc(C)cc6CCCCCC)s5)s4)o3)N(CC(CCCCCC)CCCCCCCC)C(=O)C2=C1c1ccc(C)o1. The van der Waals surface area contributed by atoms with Crippen LogP contribution in [0, 0.1) is 25.7 Å². The number of amides is 2. The number of fused-ring (bicyclic) bond motifs is 1. The Labute approximate surface area is 504 Å². The van der Waals surface area contributed by atoms with Crippen molar-refractivity contribution in [2.24, 2.45) is 11.8 Å². The van der Waals surface area contributed by atoms with E-state index in [9.17, 15) is 0 Å². The van der Waals surface area contributed by atoms with E-state index in [1.54, 1.807) is 0 Å². The van der Waals surface area contributed by atoms with Crippen molar-refractivity contribution in [3.63, 3.8) is 0 Å². The molecule has 0 aromatic carbocycles. The summed E-state index contributed by atoms with van der Waals surface area (Å²) >= 11 is 5.72. The fourth-order valence-corrected chi connectivity index (χ4v) is 16.2. The lowest BCUT2D eigenvalue weighted by molar-refractivity contribution is -0.124. The molecular weight excluding hydrogens is 1050 g/mol. The maximum atomic E-state index is 15.8. The molecule has 0 saturated carbocycles. The number of furan rings is 2. The van der Waals surface area contributed by atoms with Gasteiger partial charge in [-0.25, -0.2) is 0 Å². The summed E-state index contributed by atoms with van der Waals surface area (Å²) in [5.74, 6) is 3.27. The number of hydrogen-bond donors (Lipinski definition) is 0. The average molecular weight is 1160 g/mol. The first-order chi connectivity index (χ1) is 39.6. The molecule has 5 aromatic rings. The number of nitrogens with zero attached hydrogens (tertiary/aromatic N) is 2. The van der Waals surface area contributed by atoms with Crippen molar-refractivity contribution < 1.29 is 18.4 Å². The summed E-state index contributed by atoms with van der Waals surface area (Å²) in [7, 11) is 0. The van der Waals surface area contributed by atoms with Crippen molar-refractivity contribution in [1.82, 2.24) is 9.80 Å². The van der Waals surface area contributed by atoms with Gasteiger partial charge in [-0.2, -0.15) is 0 Å². The third-order valence-electron chi connectivity index (χ3n) is 17.4. The molecule has 0 bridgehead atoms. The van der Waals surface area contributed by atoms with Crippen LogP contribution < -0.4 is 0 Å². The molecule has 2 amide bonds. The average Bonchev–Trinajstić information content (AvgIpc) is 4.49. The van der Waals surface area contributed by atoms with Gasteiger partial charge in [-0.3, -0.25) is 9.59 Å². The highest BCUT2D eigenvalue weighted by Gasteiger charge is 2.51. The number of carbonyl (C=O) groups excluding carboxylic acids is 2. The zero-order valence-electron chi connectivity index (χ0n) is 52.0. The van der Waals surface area contributed by atoms with Crippen LogP contribution in [0.3, 0.4) is 0 Å². The number of hydrogen-bond acceptors (Lipinski definition) is 7. The first-order valence-electron chi connectivity index (χ1n) is 33.3. The van der Waals surface area contributed by atoms with E-state index in [2.05, 4.69) is 84.9 Å². The molecular formula is C72H106N2O4S3. The lowest BCUT2D eigenvalue weighted by atomic mass is 9.93. The van der Waals surface area contributed by atoms with E-state index in [4.69, 9.17) is 8.83 Å². The molecule has 7 heterocycles. The minimum Gasteiger partial charge on any atom is -0.460 e. The second-order valence-corrected chi connectivity index (χ2v) is 27.8. The molecule has 2 atom stereocenters. The minimum atomic E-state index is -0.0823. The van der Waals surface area contributed by atoms with Crippen molar-refractivity contribution in [3.8, 4) is 30.1 Å². The Hall–Kier alpha value is -3.92. The fourth-order valence-electron chi connectivity index (χ4n) is 12.7. The first kappa shape index (κ1) is 64.6. The predicted octanol–water partition coefficient (Wildman–Crippen LogP) is 23.4. The number of rotatable bonds is 43. The highest BCUT2D eigenvalue weighted by molar-refractivity contribution is 7.27. The van der Waals surface area contributed by atoms with Gasteiger partial charge < -0.3 is 18.6 Å². The zero-order valence-corrected chi connectivity index (χ0v) is 54.4. The number of unbranched alkanes of at least 4 members (excludes halogenated alkanes) is 22. The molecule has 81 heavy (non-hydrogen) atoms. The maximum Gasteiger partial charge on any atom is 0.261 e. The van der Waals surface area contributed by atoms with Gasteiger partial charge in [-0.15, -0.1) is 34.0 Å². The smallest absolute Gasteiger partial charge is 0.261 e. The molecule has 0 aliphatic carbocycles. The number of carbonyl (C=O) groups is 2. The molecule has 7 rings (SSSR count). The summed E-state index contributed by atoms with van der Waals surface area (Å²) in [5.41, 5.74) is 5.20. The number of thiophene rings is 3. The maximum absolute atomic E-state index is 15.8. The van der Waals surface area contributed by atoms with Crippen molar-refractivity contribution in [2.45, 2.75) is 274 Å². The Morgan fingerprint density at radius 1 is 0.395 bits per heavy atom. The summed E-state index contributed by atoms with van der Waals surface area (Å²) < 4.78 is 13.7. The monoisotopic (exact) mass is 1160 g/mol. The summed E-state index contributed by atoms with van der Waals surface area (Å²) in [6.07, 6.45) is 40.9. The standard InChI is InChI=1S/C72H106N2O4S3/c1-9-15-21-27-29-33-39-55(37-31-23-17-11-3)51-73-67(60-44-43-53(7)77-60)65-66(72(73)76)68(74(71(65)75)52-56(38-32-24-18-12-4)40-34-30-28-22-16-10-2)61-46-45-59(78-61)64-50-58(42-36-26-20-14-6)70(81-64)63-48-47-62(80-63)69-57(49-54(8)79-69)41-35-25-19-13-5/h43-50,55-56H,9-42,51-52H2,1-8H3. The van der Waals surface area contributed by atoms with Crippen molar-refractivity contribution >= 4 is 57.2 Å².